The van der Waals surface area contributed by atoms with Crippen molar-refractivity contribution in [3.8, 4) is 22.3 Å². The highest BCUT2D eigenvalue weighted by atomic mass is 16.3. The van der Waals surface area contributed by atoms with Crippen LogP contribution in [0, 0.1) is 0 Å². The maximum Gasteiger partial charge on any atom is 0.135 e. The normalized spacial score (nSPS) is 14.9. The highest BCUT2D eigenvalue weighted by Crippen LogP contribution is 2.66. The summed E-state index contributed by atoms with van der Waals surface area (Å²) in [4.78, 5) is 4.90. The maximum absolute atomic E-state index is 6.30. The Morgan fingerprint density at radius 1 is 0.414 bits per heavy atom. The van der Waals surface area contributed by atoms with E-state index in [1.807, 2.05) is 12.1 Å². The van der Waals surface area contributed by atoms with Gasteiger partial charge in [0, 0.05) is 44.6 Å². The molecule has 0 radical (unpaired) electrons. The van der Waals surface area contributed by atoms with Crippen LogP contribution in [0.4, 0.5) is 34.1 Å². The summed E-state index contributed by atoms with van der Waals surface area (Å²) in [6, 6.07) is 79.4. The quantitative estimate of drug-likeness (QED) is 0.169. The third kappa shape index (κ3) is 4.62. The minimum atomic E-state index is -0.614. The Hall–Kier alpha value is -7.62. The monoisotopic (exact) mass is 740 g/mol. The molecule has 0 saturated carbocycles. The van der Waals surface area contributed by atoms with Crippen LogP contribution in [0.15, 0.2) is 223 Å². The van der Waals surface area contributed by atoms with Crippen molar-refractivity contribution < 1.29 is 4.42 Å². The molecule has 1 atom stereocenters. The smallest absolute Gasteiger partial charge is 0.135 e. The molecule has 2 heterocycles. The van der Waals surface area contributed by atoms with Gasteiger partial charge in [-0.25, -0.2) is 0 Å². The molecule has 1 aromatic heterocycles. The summed E-state index contributed by atoms with van der Waals surface area (Å²) in [5, 5.41) is 2.21. The molecule has 0 saturated heterocycles. The molecule has 2 aliphatic rings. The number of para-hydroxylation sites is 4. The van der Waals surface area contributed by atoms with Crippen LogP contribution >= 0.6 is 0 Å². The molecule has 3 heteroatoms. The Bertz CT molecular complexity index is 3170. The molecule has 1 unspecified atom stereocenters. The van der Waals surface area contributed by atoms with Gasteiger partial charge in [0.1, 0.15) is 11.2 Å². The number of hydrogen-bond acceptors (Lipinski definition) is 3. The molecule has 0 amide bonds. The second-order valence-corrected chi connectivity index (χ2v) is 15.2. The predicted octanol–water partition coefficient (Wildman–Crippen LogP) is 14.9. The fraction of sp³-hybridized carbons (Fsp3) is 0.0182. The number of nitrogens with zero attached hydrogens (tertiary/aromatic N) is 2. The van der Waals surface area contributed by atoms with Crippen LogP contribution in [0.5, 0.6) is 0 Å². The van der Waals surface area contributed by atoms with Crippen LogP contribution in [0.1, 0.15) is 22.3 Å². The van der Waals surface area contributed by atoms with Crippen LogP contribution in [-0.2, 0) is 5.41 Å². The van der Waals surface area contributed by atoms with Gasteiger partial charge in [-0.3, -0.25) is 0 Å². The lowest BCUT2D eigenvalue weighted by Crippen LogP contribution is -2.36. The Balaban J connectivity index is 1.18. The molecule has 3 nitrogen and oxygen atoms in total. The average molecular weight is 741 g/mol. The largest absolute Gasteiger partial charge is 0.456 e. The molecule has 0 fully saturated rings. The van der Waals surface area contributed by atoms with Crippen LogP contribution in [0.25, 0.3) is 44.2 Å². The molecule has 12 rings (SSSR count). The van der Waals surface area contributed by atoms with E-state index < -0.39 is 5.41 Å². The minimum Gasteiger partial charge on any atom is -0.456 e. The second-order valence-electron chi connectivity index (χ2n) is 15.2. The van der Waals surface area contributed by atoms with Gasteiger partial charge in [-0.1, -0.05) is 152 Å². The van der Waals surface area contributed by atoms with E-state index in [0.717, 1.165) is 44.7 Å². The van der Waals surface area contributed by atoms with E-state index in [0.29, 0.717) is 0 Å². The number of anilines is 6. The molecular weight excluding hydrogens is 705 g/mol. The molecule has 0 N–H and O–H groups in total. The first-order valence-corrected chi connectivity index (χ1v) is 19.9. The third-order valence-corrected chi connectivity index (χ3v) is 12.2. The van der Waals surface area contributed by atoms with Crippen LogP contribution in [0.3, 0.4) is 0 Å². The van der Waals surface area contributed by atoms with Crippen LogP contribution < -0.4 is 9.80 Å². The zero-order valence-electron chi connectivity index (χ0n) is 31.6. The van der Waals surface area contributed by atoms with Gasteiger partial charge in [-0.15, -0.1) is 0 Å². The molecule has 1 aliphatic heterocycles. The summed E-state index contributed by atoms with van der Waals surface area (Å²) in [5.74, 6) is 0. The zero-order valence-corrected chi connectivity index (χ0v) is 31.6. The van der Waals surface area contributed by atoms with E-state index in [1.54, 1.807) is 0 Å². The van der Waals surface area contributed by atoms with Crippen molar-refractivity contribution in [1.29, 1.82) is 0 Å². The third-order valence-electron chi connectivity index (χ3n) is 12.2. The topological polar surface area (TPSA) is 19.6 Å². The molecule has 272 valence electrons. The standard InChI is InChI=1S/C55H36N2O/c1-5-17-37(18-6-1)43-32-33-46-44-31-29-42(56(39-21-9-3-10-22-39)41-30-34-52-47(35-41)45-25-13-16-28-51(45)58-52)36-49(44)55(38-19-7-2-8-20-38)48-26-14-15-27-50(48)57(54(43)53(46)55)40-23-11-4-12-24-40/h1-36H. The average Bonchev–Trinajstić information content (AvgIpc) is 3.82. The highest BCUT2D eigenvalue weighted by Gasteiger charge is 2.53. The van der Waals surface area contributed by atoms with Crippen molar-refractivity contribution in [2.75, 3.05) is 9.80 Å². The van der Waals surface area contributed by atoms with Crippen molar-refractivity contribution in [2.24, 2.45) is 0 Å². The molecule has 10 aromatic rings. The van der Waals surface area contributed by atoms with E-state index in [4.69, 9.17) is 4.42 Å². The molecule has 0 bridgehead atoms. The SMILES string of the molecule is c1ccc(-c2ccc3c4c2N(c2ccccc2)c2ccccc2C4(c2ccccc2)c2cc(N(c4ccccc4)c4ccc5oc6ccccc6c5c4)ccc2-3)cc1. The van der Waals surface area contributed by atoms with E-state index in [-0.39, 0.29) is 0 Å². The Morgan fingerprint density at radius 2 is 1.02 bits per heavy atom. The lowest BCUT2D eigenvalue weighted by Gasteiger charge is -2.45. The van der Waals surface area contributed by atoms with Gasteiger partial charge in [0.25, 0.3) is 0 Å². The lowest BCUT2D eigenvalue weighted by molar-refractivity contribution is 0.669. The van der Waals surface area contributed by atoms with Crippen molar-refractivity contribution in [2.45, 2.75) is 5.41 Å². The van der Waals surface area contributed by atoms with Gasteiger partial charge < -0.3 is 14.2 Å². The van der Waals surface area contributed by atoms with Gasteiger partial charge >= 0.3 is 0 Å². The first-order chi connectivity index (χ1) is 28.8. The van der Waals surface area contributed by atoms with Crippen molar-refractivity contribution in [3.05, 3.63) is 241 Å². The number of benzene rings is 9. The summed E-state index contributed by atoms with van der Waals surface area (Å²) in [6.45, 7) is 0. The number of fused-ring (bicyclic) bond motifs is 8. The van der Waals surface area contributed by atoms with Crippen LogP contribution in [0.2, 0.25) is 0 Å². The lowest BCUT2D eigenvalue weighted by atomic mass is 9.64. The van der Waals surface area contributed by atoms with Crippen molar-refractivity contribution in [1.82, 2.24) is 0 Å². The maximum atomic E-state index is 6.30. The van der Waals surface area contributed by atoms with E-state index >= 15 is 0 Å². The summed E-state index contributed by atoms with van der Waals surface area (Å²) in [6.07, 6.45) is 0. The zero-order chi connectivity index (χ0) is 38.2. The predicted molar refractivity (Wildman–Crippen MR) is 239 cm³/mol. The summed E-state index contributed by atoms with van der Waals surface area (Å²) in [5.41, 5.74) is 17.9. The minimum absolute atomic E-state index is 0.614. The Labute approximate surface area is 337 Å². The fourth-order valence-electron chi connectivity index (χ4n) is 9.88. The second kappa shape index (κ2) is 12.7. The molecule has 58 heavy (non-hydrogen) atoms. The summed E-state index contributed by atoms with van der Waals surface area (Å²) >= 11 is 0. The van der Waals surface area contributed by atoms with Gasteiger partial charge in [0.15, 0.2) is 0 Å². The van der Waals surface area contributed by atoms with Gasteiger partial charge in [0.2, 0.25) is 0 Å². The Kier molecular flexibility index (Phi) is 7.14. The summed E-state index contributed by atoms with van der Waals surface area (Å²) in [7, 11) is 0. The highest BCUT2D eigenvalue weighted by molar-refractivity contribution is 6.07. The van der Waals surface area contributed by atoms with Gasteiger partial charge in [0.05, 0.1) is 16.8 Å². The van der Waals surface area contributed by atoms with Gasteiger partial charge in [-0.2, -0.15) is 0 Å². The van der Waals surface area contributed by atoms with E-state index in [9.17, 15) is 0 Å². The molecule has 0 spiro atoms. The van der Waals surface area contributed by atoms with Gasteiger partial charge in [-0.05, 0) is 100 Å². The van der Waals surface area contributed by atoms with Crippen molar-refractivity contribution >= 4 is 56.1 Å². The number of furan rings is 1. The Morgan fingerprint density at radius 3 is 1.83 bits per heavy atom. The number of hydrogen-bond donors (Lipinski definition) is 0. The molecule has 1 aliphatic carbocycles. The van der Waals surface area contributed by atoms with Crippen molar-refractivity contribution in [3.63, 3.8) is 0 Å². The molecular formula is C55H36N2O. The van der Waals surface area contributed by atoms with Crippen LogP contribution in [-0.4, -0.2) is 0 Å². The fourth-order valence-corrected chi connectivity index (χ4v) is 9.88. The number of rotatable bonds is 6. The first-order valence-electron chi connectivity index (χ1n) is 19.9. The van der Waals surface area contributed by atoms with E-state index in [1.165, 1.54) is 55.9 Å². The summed E-state index contributed by atoms with van der Waals surface area (Å²) < 4.78 is 6.30. The van der Waals surface area contributed by atoms with E-state index in [2.05, 4.69) is 216 Å². The first kappa shape index (κ1) is 32.6. The molecule has 9 aromatic carbocycles.